The number of aromatic nitrogens is 2. The van der Waals surface area contributed by atoms with E-state index in [0.29, 0.717) is 12.8 Å². The van der Waals surface area contributed by atoms with E-state index in [1.54, 1.807) is 0 Å². The van der Waals surface area contributed by atoms with Crippen molar-refractivity contribution in [3.8, 4) is 0 Å². The molecule has 1 heterocycles. The van der Waals surface area contributed by atoms with Crippen LogP contribution in [-0.2, 0) is 0 Å². The number of nitrogens with zero attached hydrogens (tertiary/aromatic N) is 3. The van der Waals surface area contributed by atoms with Gasteiger partial charge in [0, 0.05) is 6.04 Å². The number of alkyl halides is 3. The summed E-state index contributed by atoms with van der Waals surface area (Å²) in [6, 6.07) is -0.319. The van der Waals surface area contributed by atoms with Crippen LogP contribution in [0.1, 0.15) is 12.8 Å². The number of anilines is 2. The van der Waals surface area contributed by atoms with Gasteiger partial charge in [-0.3, -0.25) is 0 Å². The van der Waals surface area contributed by atoms with E-state index < -0.39 is 18.5 Å². The van der Waals surface area contributed by atoms with Crippen molar-refractivity contribution in [3.05, 3.63) is 12.0 Å². The Balaban J connectivity index is 2.29. The summed E-state index contributed by atoms with van der Waals surface area (Å²) in [5.74, 6) is -1.51. The molecule has 0 saturated heterocycles. The second kappa shape index (κ2) is 4.01. The van der Waals surface area contributed by atoms with E-state index in [2.05, 4.69) is 9.97 Å². The molecule has 0 atom stereocenters. The van der Waals surface area contributed by atoms with Crippen molar-refractivity contribution in [1.29, 1.82) is 0 Å². The predicted octanol–water partition coefficient (Wildman–Crippen LogP) is 1.73. The highest BCUT2D eigenvalue weighted by atomic mass is 19.4. The monoisotopic (exact) mass is 250 g/mol. The van der Waals surface area contributed by atoms with Gasteiger partial charge in [0.25, 0.3) is 0 Å². The maximum atomic E-state index is 13.4. The Morgan fingerprint density at radius 2 is 2.06 bits per heavy atom. The number of nitrogens with two attached hydrogens (primary N) is 1. The molecular weight excluding hydrogens is 240 g/mol. The Hall–Kier alpha value is -1.60. The largest absolute Gasteiger partial charge is 0.405 e. The van der Waals surface area contributed by atoms with Crippen molar-refractivity contribution in [1.82, 2.24) is 9.97 Å². The minimum absolute atomic E-state index is 0.241. The first-order chi connectivity index (χ1) is 7.87. The quantitative estimate of drug-likeness (QED) is 0.830. The number of hydrogen-bond acceptors (Lipinski definition) is 4. The molecule has 0 unspecified atom stereocenters. The third kappa shape index (κ3) is 2.95. The fourth-order valence-electron chi connectivity index (χ4n) is 1.53. The van der Waals surface area contributed by atoms with Crippen LogP contribution in [0.25, 0.3) is 0 Å². The maximum Gasteiger partial charge on any atom is 0.405 e. The first-order valence-corrected chi connectivity index (χ1v) is 4.98. The van der Waals surface area contributed by atoms with Crippen LogP contribution < -0.4 is 10.6 Å². The summed E-state index contributed by atoms with van der Waals surface area (Å²) in [4.78, 5) is 7.81. The minimum Gasteiger partial charge on any atom is -0.368 e. The van der Waals surface area contributed by atoms with Gasteiger partial charge in [-0.1, -0.05) is 0 Å². The van der Waals surface area contributed by atoms with E-state index in [0.717, 1.165) is 11.1 Å². The van der Waals surface area contributed by atoms with Crippen molar-refractivity contribution in [3.63, 3.8) is 0 Å². The second-order valence-electron chi connectivity index (χ2n) is 3.87. The zero-order valence-corrected chi connectivity index (χ0v) is 8.71. The highest BCUT2D eigenvalue weighted by Gasteiger charge is 2.39. The van der Waals surface area contributed by atoms with Gasteiger partial charge < -0.3 is 10.6 Å². The molecule has 0 radical (unpaired) electrons. The minimum atomic E-state index is -4.41. The van der Waals surface area contributed by atoms with Gasteiger partial charge in [-0.2, -0.15) is 18.2 Å². The summed E-state index contributed by atoms with van der Waals surface area (Å²) < 4.78 is 50.5. The standard InChI is InChI=1S/C9H10F4N4/c10-6-3-15-8(14)16-7(6)17(5-1-2-5)4-9(11,12)13/h3,5H,1-2,4H2,(H2,14,15,16). The summed E-state index contributed by atoms with van der Waals surface area (Å²) in [5, 5.41) is 0. The van der Waals surface area contributed by atoms with Gasteiger partial charge >= 0.3 is 6.18 Å². The van der Waals surface area contributed by atoms with Gasteiger partial charge in [0.2, 0.25) is 5.95 Å². The van der Waals surface area contributed by atoms with Gasteiger partial charge in [-0.05, 0) is 12.8 Å². The van der Waals surface area contributed by atoms with Crippen LogP contribution in [0.15, 0.2) is 6.20 Å². The molecule has 2 rings (SSSR count). The van der Waals surface area contributed by atoms with Gasteiger partial charge in [-0.25, -0.2) is 9.37 Å². The lowest BCUT2D eigenvalue weighted by atomic mass is 10.4. The van der Waals surface area contributed by atoms with Crippen molar-refractivity contribution >= 4 is 11.8 Å². The Morgan fingerprint density at radius 3 is 2.59 bits per heavy atom. The predicted molar refractivity (Wildman–Crippen MR) is 52.8 cm³/mol. The van der Waals surface area contributed by atoms with E-state index in [1.165, 1.54) is 0 Å². The molecule has 1 fully saturated rings. The summed E-state index contributed by atoms with van der Waals surface area (Å²) in [5.41, 5.74) is 5.25. The van der Waals surface area contributed by atoms with Crippen LogP contribution >= 0.6 is 0 Å². The van der Waals surface area contributed by atoms with Crippen LogP contribution in [0, 0.1) is 5.82 Å². The number of halogens is 4. The lowest BCUT2D eigenvalue weighted by molar-refractivity contribution is -0.120. The van der Waals surface area contributed by atoms with E-state index in [-0.39, 0.29) is 17.8 Å². The van der Waals surface area contributed by atoms with Crippen LogP contribution in [0.2, 0.25) is 0 Å². The summed E-state index contributed by atoms with van der Waals surface area (Å²) in [7, 11) is 0. The van der Waals surface area contributed by atoms with Gasteiger partial charge in [0.15, 0.2) is 11.6 Å². The van der Waals surface area contributed by atoms with Crippen molar-refractivity contribution in [2.45, 2.75) is 25.1 Å². The Morgan fingerprint density at radius 1 is 1.41 bits per heavy atom. The molecule has 4 nitrogen and oxygen atoms in total. The van der Waals surface area contributed by atoms with Gasteiger partial charge in [0.05, 0.1) is 6.20 Å². The van der Waals surface area contributed by atoms with Gasteiger partial charge in [-0.15, -0.1) is 0 Å². The maximum absolute atomic E-state index is 13.4. The molecule has 1 aromatic rings. The first kappa shape index (κ1) is 11.9. The molecule has 0 aromatic carbocycles. The zero-order chi connectivity index (χ0) is 12.6. The third-order valence-corrected chi connectivity index (χ3v) is 2.35. The molecule has 17 heavy (non-hydrogen) atoms. The number of nitrogen functional groups attached to an aromatic ring is 1. The zero-order valence-electron chi connectivity index (χ0n) is 8.71. The molecule has 0 spiro atoms. The smallest absolute Gasteiger partial charge is 0.368 e. The number of rotatable bonds is 3. The van der Waals surface area contributed by atoms with E-state index in [1.807, 2.05) is 0 Å². The van der Waals surface area contributed by atoms with Crippen LogP contribution in [-0.4, -0.2) is 28.7 Å². The molecule has 0 bridgehead atoms. The average molecular weight is 250 g/mol. The summed E-state index contributed by atoms with van der Waals surface area (Å²) >= 11 is 0. The molecule has 0 amide bonds. The summed E-state index contributed by atoms with van der Waals surface area (Å²) in [6.07, 6.45) is -2.43. The van der Waals surface area contributed by atoms with Crippen molar-refractivity contribution in [2.24, 2.45) is 0 Å². The fraction of sp³-hybridized carbons (Fsp3) is 0.556. The Kier molecular flexibility index (Phi) is 2.80. The molecule has 1 aromatic heterocycles. The molecular formula is C9H10F4N4. The Bertz CT molecular complexity index is 416. The number of hydrogen-bond donors (Lipinski definition) is 1. The topological polar surface area (TPSA) is 55.0 Å². The molecule has 0 aliphatic heterocycles. The fourth-order valence-corrected chi connectivity index (χ4v) is 1.53. The van der Waals surface area contributed by atoms with Crippen molar-refractivity contribution < 1.29 is 17.6 Å². The average Bonchev–Trinajstić information content (AvgIpc) is 3.00. The van der Waals surface area contributed by atoms with Crippen LogP contribution in [0.4, 0.5) is 29.3 Å². The first-order valence-electron chi connectivity index (χ1n) is 4.98. The SMILES string of the molecule is Nc1ncc(F)c(N(CC(F)(F)F)C2CC2)n1. The lowest BCUT2D eigenvalue weighted by Gasteiger charge is -2.24. The Labute approximate surface area is 94.5 Å². The molecule has 94 valence electrons. The van der Waals surface area contributed by atoms with Crippen LogP contribution in [0.5, 0.6) is 0 Å². The second-order valence-corrected chi connectivity index (χ2v) is 3.87. The molecule has 8 heteroatoms. The van der Waals surface area contributed by atoms with Crippen molar-refractivity contribution in [2.75, 3.05) is 17.2 Å². The summed E-state index contributed by atoms with van der Waals surface area (Å²) in [6.45, 7) is -1.23. The highest BCUT2D eigenvalue weighted by Crippen LogP contribution is 2.34. The molecule has 1 aliphatic carbocycles. The molecule has 2 N–H and O–H groups in total. The molecule has 1 saturated carbocycles. The lowest BCUT2D eigenvalue weighted by Crippen LogP contribution is -2.37. The van der Waals surface area contributed by atoms with E-state index in [4.69, 9.17) is 5.73 Å². The normalized spacial score (nSPS) is 16.0. The highest BCUT2D eigenvalue weighted by molar-refractivity contribution is 5.45. The van der Waals surface area contributed by atoms with E-state index in [9.17, 15) is 17.6 Å². The van der Waals surface area contributed by atoms with Gasteiger partial charge in [0.1, 0.15) is 6.54 Å². The third-order valence-electron chi connectivity index (χ3n) is 2.35. The van der Waals surface area contributed by atoms with Crippen LogP contribution in [0.3, 0.4) is 0 Å². The molecule has 1 aliphatic rings. The van der Waals surface area contributed by atoms with E-state index >= 15 is 0 Å².